The second-order valence-corrected chi connectivity index (χ2v) is 24.3. The summed E-state index contributed by atoms with van der Waals surface area (Å²) in [6.07, 6.45) is 7.14. The highest BCUT2D eigenvalue weighted by molar-refractivity contribution is 5.99. The molecule has 0 saturated carbocycles. The topological polar surface area (TPSA) is 467 Å². The molecule has 0 bridgehead atoms. The van der Waals surface area contributed by atoms with E-state index in [0.29, 0.717) is 38.5 Å². The number of carbonyl (C=O) groups is 13. The maximum Gasteiger partial charge on any atom is 0.246 e. The molecule has 11 atom stereocenters. The van der Waals surface area contributed by atoms with Crippen molar-refractivity contribution in [2.45, 2.75) is 251 Å². The molecule has 0 aliphatic carbocycles. The first-order valence-electron chi connectivity index (χ1n) is 30.4. The van der Waals surface area contributed by atoms with Crippen LogP contribution in [0, 0.1) is 11.8 Å². The monoisotopic (exact) mass is 1240 g/mol. The molecule has 13 amide bonds. The van der Waals surface area contributed by atoms with E-state index in [1.165, 1.54) is 67.5 Å². The Morgan fingerprint density at radius 2 is 0.807 bits per heavy atom. The van der Waals surface area contributed by atoms with E-state index in [1.54, 1.807) is 12.1 Å². The lowest BCUT2D eigenvalue weighted by Gasteiger charge is -2.33. The highest BCUT2D eigenvalue weighted by atomic mass is 16.3. The van der Waals surface area contributed by atoms with Gasteiger partial charge in [0.05, 0.1) is 12.5 Å². The first-order chi connectivity index (χ1) is 40.9. The lowest BCUT2D eigenvalue weighted by Crippen LogP contribution is -2.63. The number of nitrogens with two attached hydrogens (primary N) is 4. The predicted molar refractivity (Wildman–Crippen MR) is 329 cm³/mol. The number of aromatic hydroxyl groups is 1. The van der Waals surface area contributed by atoms with Gasteiger partial charge in [0.25, 0.3) is 0 Å². The van der Waals surface area contributed by atoms with Crippen molar-refractivity contribution in [3.05, 3.63) is 29.8 Å². The Kier molecular flexibility index (Phi) is 34.1. The fourth-order valence-corrected chi connectivity index (χ4v) is 9.09. The summed E-state index contributed by atoms with van der Waals surface area (Å²) in [6.45, 7) is 18.8. The zero-order chi connectivity index (χ0) is 67.2. The molecule has 0 aromatic heterocycles. The average molecular weight is 1240 g/mol. The molecule has 496 valence electrons. The molecule has 0 aliphatic heterocycles. The number of hydrogen-bond donors (Lipinski definition) is 15. The van der Waals surface area contributed by atoms with Crippen LogP contribution in [-0.4, -0.2) is 147 Å². The van der Waals surface area contributed by atoms with E-state index in [-0.39, 0.29) is 43.3 Å². The molecule has 0 saturated heterocycles. The summed E-state index contributed by atoms with van der Waals surface area (Å²) in [5.41, 5.74) is 19.8. The van der Waals surface area contributed by atoms with Crippen LogP contribution in [0.4, 0.5) is 0 Å². The van der Waals surface area contributed by atoms with E-state index in [1.807, 2.05) is 27.7 Å². The molecule has 0 spiro atoms. The Balaban J connectivity index is 3.05. The third-order valence-corrected chi connectivity index (χ3v) is 14.7. The minimum Gasteiger partial charge on any atom is -0.508 e. The third kappa shape index (κ3) is 29.7. The molecule has 1 rings (SSSR count). The Morgan fingerprint density at radius 1 is 0.432 bits per heavy atom. The van der Waals surface area contributed by atoms with E-state index in [0.717, 1.165) is 37.7 Å². The van der Waals surface area contributed by atoms with Gasteiger partial charge in [0, 0.05) is 6.42 Å². The average Bonchev–Trinajstić information content (AvgIpc) is 3.09. The van der Waals surface area contributed by atoms with Crippen LogP contribution in [0.15, 0.2) is 24.3 Å². The normalized spacial score (nSPS) is 15.7. The number of phenolic OH excluding ortho intramolecular Hbond substituents is 1. The van der Waals surface area contributed by atoms with Crippen molar-refractivity contribution in [2.24, 2.45) is 34.8 Å². The Morgan fingerprint density at radius 3 is 1.19 bits per heavy atom. The SMILES string of the molecule is CC(C)C[C@@H](N)C(=O)N[C@H](CC(C)C)C(=O)NC(C)(CCCCCCCCCCCC(C)(NC(=O)CCc1ccc(O)cc1)C(=O)N[C@H](CC(N)=O)C(N)=O)C(=O)N[C@H](C)C(=O)N[C@H](C)C(=O)N[C@H](C)C(=O)N[C@H](C)C(=O)N[C@H](C)C(=O)N[C@H](C)C(N)=O. The van der Waals surface area contributed by atoms with E-state index < -0.39 is 149 Å². The molecule has 0 aliphatic rings. The third-order valence-electron chi connectivity index (χ3n) is 14.7. The number of carbonyl (C=O) groups excluding carboxylic acids is 13. The molecule has 2 unspecified atom stereocenters. The van der Waals surface area contributed by atoms with Crippen LogP contribution in [0.1, 0.15) is 185 Å². The van der Waals surface area contributed by atoms with Crippen molar-refractivity contribution in [1.29, 1.82) is 0 Å². The van der Waals surface area contributed by atoms with Gasteiger partial charge in [0.1, 0.15) is 65.2 Å². The van der Waals surface area contributed by atoms with Crippen LogP contribution in [0.2, 0.25) is 0 Å². The van der Waals surface area contributed by atoms with Gasteiger partial charge in [-0.2, -0.15) is 0 Å². The van der Waals surface area contributed by atoms with Crippen LogP contribution in [0.25, 0.3) is 0 Å². The molecule has 1 aromatic rings. The van der Waals surface area contributed by atoms with Crippen LogP contribution >= 0.6 is 0 Å². The molecule has 0 fully saturated rings. The first-order valence-corrected chi connectivity index (χ1v) is 30.4. The molecule has 0 radical (unpaired) electrons. The van der Waals surface area contributed by atoms with E-state index in [2.05, 4.69) is 53.2 Å². The summed E-state index contributed by atoms with van der Waals surface area (Å²) < 4.78 is 0. The number of hydrogen-bond acceptors (Lipinski definition) is 15. The zero-order valence-electron chi connectivity index (χ0n) is 53.5. The summed E-state index contributed by atoms with van der Waals surface area (Å²) >= 11 is 0. The standard InChI is InChI=1S/C60H102N14O14/c1-33(2)30-43(61)55(85)71-45(31-34(3)4)56(86)74-60(12,57(87)70-40(10)54(84)69-39(9)53(83)68-38(8)52(82)67-37(7)51(81)66-36(6)50(80)65-35(5)48(63)78)29-21-19-17-15-13-14-16-18-20-28-59(11,58(88)72-44(49(64)79)32-46(62)76)73-47(77)27-24-41-22-25-42(75)26-23-41/h22-23,25-26,33-40,43-45,75H,13-21,24,27-32,61H2,1-12H3,(H2,62,76)(H2,63,78)(H2,64,79)(H,65,80)(H,66,81)(H,67,82)(H,68,83)(H,69,84)(H,70,87)(H,71,85)(H,72,88)(H,73,77)(H,74,86)/t35-,36-,37-,38-,39-,40-,43-,44-,45-,59?,60?/m1/s1. The Hall–Kier alpha value is -7.91. The van der Waals surface area contributed by atoms with Crippen molar-refractivity contribution in [3.8, 4) is 5.75 Å². The van der Waals surface area contributed by atoms with Gasteiger partial charge in [-0.1, -0.05) is 97.6 Å². The fourth-order valence-electron chi connectivity index (χ4n) is 9.09. The largest absolute Gasteiger partial charge is 0.508 e. The molecular weight excluding hydrogens is 1140 g/mol. The second kappa shape index (κ2) is 38.4. The number of rotatable bonds is 42. The summed E-state index contributed by atoms with van der Waals surface area (Å²) in [5.74, 6) is -9.24. The quantitative estimate of drug-likeness (QED) is 0.0372. The number of aryl methyl sites for hydroxylation is 1. The zero-order valence-corrected chi connectivity index (χ0v) is 53.5. The highest BCUT2D eigenvalue weighted by Crippen LogP contribution is 2.22. The fraction of sp³-hybridized carbons (Fsp3) is 0.683. The van der Waals surface area contributed by atoms with Crippen molar-refractivity contribution < 1.29 is 67.4 Å². The van der Waals surface area contributed by atoms with Gasteiger partial charge >= 0.3 is 0 Å². The maximum atomic E-state index is 14.3. The number of amides is 13. The maximum absolute atomic E-state index is 14.3. The summed E-state index contributed by atoms with van der Waals surface area (Å²) in [5, 5.41) is 35.3. The van der Waals surface area contributed by atoms with Crippen LogP contribution in [0.5, 0.6) is 5.75 Å². The molecule has 0 heterocycles. The Labute approximate surface area is 517 Å². The van der Waals surface area contributed by atoms with Crippen LogP contribution < -0.4 is 76.1 Å². The minimum absolute atomic E-state index is 0.0266. The van der Waals surface area contributed by atoms with Crippen molar-refractivity contribution in [1.82, 2.24) is 53.2 Å². The van der Waals surface area contributed by atoms with Gasteiger partial charge in [-0.05, 0) is 117 Å². The number of primary amides is 3. The molecule has 88 heavy (non-hydrogen) atoms. The van der Waals surface area contributed by atoms with Gasteiger partial charge in [-0.15, -0.1) is 0 Å². The van der Waals surface area contributed by atoms with E-state index in [4.69, 9.17) is 22.9 Å². The van der Waals surface area contributed by atoms with Crippen LogP contribution in [0.3, 0.4) is 0 Å². The smallest absolute Gasteiger partial charge is 0.246 e. The predicted octanol–water partition coefficient (Wildman–Crippen LogP) is -0.371. The molecular formula is C60H102N14O14. The molecule has 19 N–H and O–H groups in total. The second-order valence-electron chi connectivity index (χ2n) is 24.3. The van der Waals surface area contributed by atoms with E-state index in [9.17, 15) is 67.4 Å². The van der Waals surface area contributed by atoms with Gasteiger partial charge in [0.15, 0.2) is 0 Å². The van der Waals surface area contributed by atoms with Crippen molar-refractivity contribution >= 4 is 76.8 Å². The van der Waals surface area contributed by atoms with Gasteiger partial charge in [-0.25, -0.2) is 0 Å². The number of nitrogens with one attached hydrogen (secondary N) is 10. The van der Waals surface area contributed by atoms with Gasteiger partial charge in [-0.3, -0.25) is 62.3 Å². The van der Waals surface area contributed by atoms with Gasteiger partial charge < -0.3 is 81.2 Å². The summed E-state index contributed by atoms with van der Waals surface area (Å²) in [4.78, 5) is 168. The number of unbranched alkanes of at least 4 members (excludes halogenated alkanes) is 8. The molecule has 1 aromatic carbocycles. The molecule has 28 nitrogen and oxygen atoms in total. The highest BCUT2D eigenvalue weighted by Gasteiger charge is 2.40. The van der Waals surface area contributed by atoms with Crippen molar-refractivity contribution in [2.75, 3.05) is 0 Å². The summed E-state index contributed by atoms with van der Waals surface area (Å²) in [7, 11) is 0. The number of benzene rings is 1. The van der Waals surface area contributed by atoms with Gasteiger partial charge in [0.2, 0.25) is 76.8 Å². The number of phenols is 1. The summed E-state index contributed by atoms with van der Waals surface area (Å²) in [6, 6.07) is -3.90. The Bertz CT molecular complexity index is 2550. The van der Waals surface area contributed by atoms with E-state index >= 15 is 0 Å². The first kappa shape index (κ1) is 78.1. The molecule has 28 heteroatoms. The van der Waals surface area contributed by atoms with Crippen molar-refractivity contribution in [3.63, 3.8) is 0 Å². The lowest BCUT2D eigenvalue weighted by molar-refractivity contribution is -0.138. The lowest BCUT2D eigenvalue weighted by atomic mass is 9.90. The van der Waals surface area contributed by atoms with Crippen LogP contribution in [-0.2, 0) is 68.7 Å². The minimum atomic E-state index is -1.61.